The van der Waals surface area contributed by atoms with Crippen molar-refractivity contribution in [2.75, 3.05) is 5.73 Å². The molecule has 3 N–H and O–H groups in total. The summed E-state index contributed by atoms with van der Waals surface area (Å²) in [5.74, 6) is 0. The van der Waals surface area contributed by atoms with Crippen LogP contribution >= 0.6 is 22.9 Å². The molecule has 8 heteroatoms. The number of thiazole rings is 1. The summed E-state index contributed by atoms with van der Waals surface area (Å²) >= 11 is 7.09. The molecule has 96 valence electrons. The van der Waals surface area contributed by atoms with Crippen LogP contribution in [-0.2, 0) is 0 Å². The number of anilines is 1. The van der Waals surface area contributed by atoms with Gasteiger partial charge in [0.25, 0.3) is 5.56 Å². The van der Waals surface area contributed by atoms with Crippen LogP contribution in [0.1, 0.15) is 0 Å². The van der Waals surface area contributed by atoms with Gasteiger partial charge in [-0.1, -0.05) is 35.1 Å². The van der Waals surface area contributed by atoms with Crippen molar-refractivity contribution in [3.63, 3.8) is 0 Å². The number of hydrogen-bond donors (Lipinski definition) is 2. The third kappa shape index (κ3) is 1.83. The number of nitrogens with zero attached hydrogens (tertiary/aromatic N) is 2. The summed E-state index contributed by atoms with van der Waals surface area (Å²) in [5.41, 5.74) is 5.15. The fourth-order valence-corrected chi connectivity index (χ4v) is 2.72. The Bertz CT molecular complexity index is 896. The molecule has 0 saturated heterocycles. The molecule has 0 aliphatic carbocycles. The maximum absolute atomic E-state index is 12.0. The minimum atomic E-state index is -0.601. The number of aromatic nitrogens is 3. The topological polar surface area (TPSA) is 93.8 Å². The Labute approximate surface area is 115 Å². The lowest BCUT2D eigenvalue weighted by Gasteiger charge is -2.07. The van der Waals surface area contributed by atoms with Crippen molar-refractivity contribution >= 4 is 38.4 Å². The van der Waals surface area contributed by atoms with Gasteiger partial charge in [-0.25, -0.2) is 14.3 Å². The Morgan fingerprint density at radius 3 is 2.79 bits per heavy atom. The Hall–Kier alpha value is -2.12. The molecule has 6 nitrogen and oxygen atoms in total. The molecule has 0 aliphatic heterocycles. The van der Waals surface area contributed by atoms with E-state index in [-0.39, 0.29) is 15.5 Å². The minimum absolute atomic E-state index is 0.212. The Balaban J connectivity index is 2.52. The number of nitrogens with one attached hydrogen (secondary N) is 1. The Kier molecular flexibility index (Phi) is 2.65. The molecule has 0 saturated carbocycles. The number of hydrogen-bond acceptors (Lipinski definition) is 5. The number of H-pyrrole nitrogens is 1. The van der Waals surface area contributed by atoms with Crippen molar-refractivity contribution < 1.29 is 0 Å². The summed E-state index contributed by atoms with van der Waals surface area (Å²) in [6.45, 7) is 0. The molecule has 1 aromatic carbocycles. The van der Waals surface area contributed by atoms with Gasteiger partial charge in [-0.05, 0) is 12.1 Å². The van der Waals surface area contributed by atoms with Crippen molar-refractivity contribution in [2.24, 2.45) is 0 Å². The molecule has 0 unspecified atom stereocenters. The lowest BCUT2D eigenvalue weighted by atomic mass is 10.3. The number of fused-ring (bicyclic) bond motifs is 1. The second kappa shape index (κ2) is 4.22. The third-order valence-electron chi connectivity index (χ3n) is 2.56. The first kappa shape index (κ1) is 11.9. The van der Waals surface area contributed by atoms with Crippen LogP contribution in [0.15, 0.2) is 33.9 Å². The smallest absolute Gasteiger partial charge is 0.334 e. The number of aromatic amines is 1. The van der Waals surface area contributed by atoms with E-state index in [9.17, 15) is 9.59 Å². The lowest BCUT2D eigenvalue weighted by Crippen LogP contribution is -2.29. The largest absolute Gasteiger partial charge is 0.375 e. The van der Waals surface area contributed by atoms with Gasteiger partial charge in [-0.2, -0.15) is 0 Å². The van der Waals surface area contributed by atoms with Gasteiger partial charge >= 0.3 is 5.69 Å². The highest BCUT2D eigenvalue weighted by atomic mass is 35.5. The van der Waals surface area contributed by atoms with E-state index in [2.05, 4.69) is 9.97 Å². The van der Waals surface area contributed by atoms with Gasteiger partial charge in [0.15, 0.2) is 10.8 Å². The average Bonchev–Trinajstić information content (AvgIpc) is 2.73. The number of nitrogen functional groups attached to an aromatic ring is 1. The summed E-state index contributed by atoms with van der Waals surface area (Å²) in [6.07, 6.45) is 0. The molecule has 0 fully saturated rings. The van der Waals surface area contributed by atoms with E-state index < -0.39 is 11.2 Å². The second-order valence-electron chi connectivity index (χ2n) is 3.75. The minimum Gasteiger partial charge on any atom is -0.375 e. The predicted octanol–water partition coefficient (Wildman–Crippen LogP) is 1.37. The summed E-state index contributed by atoms with van der Waals surface area (Å²) in [7, 11) is 0. The normalized spacial score (nSPS) is 11.0. The van der Waals surface area contributed by atoms with E-state index in [4.69, 9.17) is 17.3 Å². The Morgan fingerprint density at radius 1 is 1.32 bits per heavy atom. The molecule has 0 aliphatic rings. The summed E-state index contributed by atoms with van der Waals surface area (Å²) in [5, 5.41) is 0.594. The van der Waals surface area contributed by atoms with Crippen LogP contribution in [0, 0.1) is 0 Å². The van der Waals surface area contributed by atoms with E-state index in [1.807, 2.05) is 0 Å². The SMILES string of the molecule is Nc1nc2c(s1)c(=O)[nH]c(=O)n2-c1ccccc1Cl. The summed E-state index contributed by atoms with van der Waals surface area (Å²) in [6, 6.07) is 6.79. The highest BCUT2D eigenvalue weighted by molar-refractivity contribution is 7.21. The zero-order chi connectivity index (χ0) is 13.6. The van der Waals surface area contributed by atoms with Gasteiger partial charge in [0.2, 0.25) is 0 Å². The number of benzene rings is 1. The fourth-order valence-electron chi connectivity index (χ4n) is 1.79. The standard InChI is InChI=1S/C11H7ClN4O2S/c12-5-3-1-2-4-6(5)16-8-7(19-10(13)14-8)9(17)15-11(16)18/h1-4H,(H2,13,14)(H,15,17,18). The van der Waals surface area contributed by atoms with Crippen molar-refractivity contribution in [3.8, 4) is 5.69 Å². The Morgan fingerprint density at radius 2 is 2.05 bits per heavy atom. The van der Waals surface area contributed by atoms with Crippen molar-refractivity contribution in [1.29, 1.82) is 0 Å². The molecule has 0 amide bonds. The van der Waals surface area contributed by atoms with E-state index in [0.29, 0.717) is 10.7 Å². The highest BCUT2D eigenvalue weighted by Crippen LogP contribution is 2.24. The molecule has 0 atom stereocenters. The van der Waals surface area contributed by atoms with Crippen LogP contribution < -0.4 is 17.0 Å². The quantitative estimate of drug-likeness (QED) is 0.709. The van der Waals surface area contributed by atoms with Crippen LogP contribution in [0.5, 0.6) is 0 Å². The monoisotopic (exact) mass is 294 g/mol. The number of para-hydroxylation sites is 1. The van der Waals surface area contributed by atoms with Gasteiger partial charge < -0.3 is 5.73 Å². The molecule has 2 aromatic heterocycles. The van der Waals surface area contributed by atoms with Gasteiger partial charge in [0, 0.05) is 0 Å². The lowest BCUT2D eigenvalue weighted by molar-refractivity contribution is 0.933. The van der Waals surface area contributed by atoms with Crippen molar-refractivity contribution in [1.82, 2.24) is 14.5 Å². The first-order valence-corrected chi connectivity index (χ1v) is 6.43. The average molecular weight is 295 g/mol. The van der Waals surface area contributed by atoms with E-state index in [0.717, 1.165) is 11.3 Å². The van der Waals surface area contributed by atoms with Gasteiger partial charge in [-0.3, -0.25) is 9.78 Å². The predicted molar refractivity (Wildman–Crippen MR) is 75.3 cm³/mol. The van der Waals surface area contributed by atoms with Crippen molar-refractivity contribution in [3.05, 3.63) is 50.1 Å². The third-order valence-corrected chi connectivity index (χ3v) is 3.75. The molecular formula is C11H7ClN4O2S. The van der Waals surface area contributed by atoms with Crippen LogP contribution in [-0.4, -0.2) is 14.5 Å². The molecule has 0 spiro atoms. The van der Waals surface area contributed by atoms with E-state index in [1.54, 1.807) is 24.3 Å². The number of halogens is 1. The highest BCUT2D eigenvalue weighted by Gasteiger charge is 2.15. The summed E-state index contributed by atoms with van der Waals surface area (Å²) < 4.78 is 1.53. The molecule has 2 heterocycles. The molecular weight excluding hydrogens is 288 g/mol. The van der Waals surface area contributed by atoms with E-state index in [1.165, 1.54) is 4.57 Å². The molecule has 3 rings (SSSR count). The second-order valence-corrected chi connectivity index (χ2v) is 5.19. The fraction of sp³-hybridized carbons (Fsp3) is 0. The number of nitrogens with two attached hydrogens (primary N) is 1. The van der Waals surface area contributed by atoms with Gasteiger partial charge in [0.05, 0.1) is 10.7 Å². The van der Waals surface area contributed by atoms with Crippen LogP contribution in [0.3, 0.4) is 0 Å². The number of rotatable bonds is 1. The van der Waals surface area contributed by atoms with E-state index >= 15 is 0 Å². The van der Waals surface area contributed by atoms with Crippen LogP contribution in [0.4, 0.5) is 5.13 Å². The summed E-state index contributed by atoms with van der Waals surface area (Å²) in [4.78, 5) is 29.9. The molecule has 3 aromatic rings. The van der Waals surface area contributed by atoms with Gasteiger partial charge in [-0.15, -0.1) is 0 Å². The van der Waals surface area contributed by atoms with Crippen LogP contribution in [0.2, 0.25) is 5.02 Å². The van der Waals surface area contributed by atoms with Gasteiger partial charge in [0.1, 0.15) is 4.70 Å². The van der Waals surface area contributed by atoms with Crippen LogP contribution in [0.25, 0.3) is 16.0 Å². The maximum Gasteiger partial charge on any atom is 0.334 e. The molecule has 19 heavy (non-hydrogen) atoms. The zero-order valence-corrected chi connectivity index (χ0v) is 11.0. The molecule has 0 radical (unpaired) electrons. The zero-order valence-electron chi connectivity index (χ0n) is 9.38. The van der Waals surface area contributed by atoms with Crippen molar-refractivity contribution in [2.45, 2.75) is 0 Å². The first-order chi connectivity index (χ1) is 9.08. The molecule has 0 bridgehead atoms. The first-order valence-electron chi connectivity index (χ1n) is 5.24. The maximum atomic E-state index is 12.0.